The van der Waals surface area contributed by atoms with Crippen LogP contribution >= 0.6 is 11.6 Å². The second-order valence-electron chi connectivity index (χ2n) is 8.58. The first kappa shape index (κ1) is 21.5. The number of fused-ring (bicyclic) bond motifs is 4. The molecule has 1 aliphatic rings. The topological polar surface area (TPSA) is 83.9 Å². The average molecular weight is 488 g/mol. The van der Waals surface area contributed by atoms with Gasteiger partial charge in [0.1, 0.15) is 11.6 Å². The Balaban J connectivity index is 1.30. The zero-order valence-corrected chi connectivity index (χ0v) is 19.2. The summed E-state index contributed by atoms with van der Waals surface area (Å²) < 4.78 is 16.8. The largest absolute Gasteiger partial charge is 0.329 e. The molecule has 0 aliphatic carbocycles. The quantitative estimate of drug-likeness (QED) is 0.411. The van der Waals surface area contributed by atoms with Crippen LogP contribution in [0.1, 0.15) is 27.4 Å². The minimum Gasteiger partial charge on any atom is -0.329 e. The molecule has 3 aromatic carbocycles. The fraction of sp³-hybridized carbons (Fsp3) is 0.154. The number of nitrogens with one attached hydrogen (secondary N) is 1. The number of benzene rings is 3. The van der Waals surface area contributed by atoms with Crippen molar-refractivity contribution in [3.05, 3.63) is 105 Å². The number of hydrogen-bond donors (Lipinski definition) is 1. The molecule has 0 radical (unpaired) electrons. The van der Waals surface area contributed by atoms with E-state index < -0.39 is 5.82 Å². The number of H-pyrrole nitrogens is 1. The lowest BCUT2D eigenvalue weighted by Crippen LogP contribution is -2.38. The van der Waals surface area contributed by atoms with Crippen molar-refractivity contribution in [2.45, 2.75) is 19.5 Å². The molecule has 3 heterocycles. The van der Waals surface area contributed by atoms with Crippen molar-refractivity contribution >= 4 is 39.3 Å². The van der Waals surface area contributed by atoms with Crippen LogP contribution in [0.2, 0.25) is 5.02 Å². The summed E-state index contributed by atoms with van der Waals surface area (Å²) in [4.78, 5) is 31.6. The second kappa shape index (κ2) is 8.32. The van der Waals surface area contributed by atoms with E-state index in [0.717, 1.165) is 27.8 Å². The molecule has 0 spiro atoms. The summed E-state index contributed by atoms with van der Waals surface area (Å²) in [6.45, 7) is 1.26. The van der Waals surface area contributed by atoms with Crippen LogP contribution in [0.4, 0.5) is 4.39 Å². The Labute approximate surface area is 203 Å². The minimum absolute atomic E-state index is 0.00355. The van der Waals surface area contributed by atoms with Crippen molar-refractivity contribution < 1.29 is 9.18 Å². The molecule has 7 nitrogen and oxygen atoms in total. The number of rotatable bonds is 3. The van der Waals surface area contributed by atoms with Gasteiger partial charge in [-0.25, -0.2) is 14.5 Å². The lowest BCUT2D eigenvalue weighted by molar-refractivity contribution is 0.0704. The van der Waals surface area contributed by atoms with Crippen molar-refractivity contribution in [1.29, 1.82) is 0 Å². The molecule has 0 unspecified atom stereocenters. The molecular formula is C26H19ClFN5O2. The standard InChI is InChI=1S/C26H19ClFN5O2/c27-16-6-8-21-23(13-16)33-10-9-32(14-24(33)29-21)26(35)19-11-15(5-7-20(19)28)12-22-17-3-1-2-4-18(17)25(34)31-30-22/h1-8,11,13H,9-10,12,14H2,(H,31,34). The van der Waals surface area contributed by atoms with Crippen molar-refractivity contribution in [1.82, 2.24) is 24.6 Å². The molecule has 5 aromatic rings. The Morgan fingerprint density at radius 3 is 2.74 bits per heavy atom. The lowest BCUT2D eigenvalue weighted by atomic mass is 10.0. The maximum absolute atomic E-state index is 14.8. The van der Waals surface area contributed by atoms with E-state index in [1.165, 1.54) is 6.07 Å². The first-order valence-electron chi connectivity index (χ1n) is 11.2. The molecule has 1 amide bonds. The lowest BCUT2D eigenvalue weighted by Gasteiger charge is -2.28. The van der Waals surface area contributed by atoms with Gasteiger partial charge in [-0.15, -0.1) is 0 Å². The van der Waals surface area contributed by atoms with Gasteiger partial charge in [-0.2, -0.15) is 5.10 Å². The van der Waals surface area contributed by atoms with Crippen LogP contribution in [-0.2, 0) is 19.5 Å². The van der Waals surface area contributed by atoms with Gasteiger partial charge in [0.15, 0.2) is 0 Å². The zero-order valence-electron chi connectivity index (χ0n) is 18.5. The number of nitrogens with zero attached hydrogens (tertiary/aromatic N) is 4. The molecule has 35 heavy (non-hydrogen) atoms. The smallest absolute Gasteiger partial charge is 0.272 e. The van der Waals surface area contributed by atoms with Gasteiger partial charge in [-0.1, -0.05) is 35.9 Å². The number of imidazole rings is 1. The van der Waals surface area contributed by atoms with Crippen molar-refractivity contribution in [2.75, 3.05) is 6.54 Å². The summed E-state index contributed by atoms with van der Waals surface area (Å²) in [6, 6.07) is 17.2. The van der Waals surface area contributed by atoms with Gasteiger partial charge in [-0.3, -0.25) is 9.59 Å². The molecular weight excluding hydrogens is 469 g/mol. The summed E-state index contributed by atoms with van der Waals surface area (Å²) in [6.07, 6.45) is 0.342. The predicted octanol–water partition coefficient (Wildman–Crippen LogP) is 4.31. The minimum atomic E-state index is -0.580. The highest BCUT2D eigenvalue weighted by molar-refractivity contribution is 6.31. The highest BCUT2D eigenvalue weighted by Gasteiger charge is 2.26. The molecule has 1 N–H and O–H groups in total. The average Bonchev–Trinajstić information content (AvgIpc) is 3.23. The van der Waals surface area contributed by atoms with Crippen LogP contribution in [-0.4, -0.2) is 37.1 Å². The van der Waals surface area contributed by atoms with Gasteiger partial charge in [0.05, 0.1) is 34.2 Å². The van der Waals surface area contributed by atoms with E-state index in [4.69, 9.17) is 11.6 Å². The number of halogens is 2. The number of aromatic nitrogens is 4. The third kappa shape index (κ3) is 3.76. The maximum Gasteiger partial charge on any atom is 0.272 e. The van der Waals surface area contributed by atoms with Gasteiger partial charge < -0.3 is 9.47 Å². The molecule has 0 atom stereocenters. The van der Waals surface area contributed by atoms with Crippen LogP contribution in [0.15, 0.2) is 65.5 Å². The summed E-state index contributed by atoms with van der Waals surface area (Å²) in [7, 11) is 0. The summed E-state index contributed by atoms with van der Waals surface area (Å²) in [5.74, 6) is -0.230. The van der Waals surface area contributed by atoms with Crippen molar-refractivity contribution in [3.8, 4) is 0 Å². The molecule has 1 aliphatic heterocycles. The van der Waals surface area contributed by atoms with E-state index in [1.54, 1.807) is 35.2 Å². The summed E-state index contributed by atoms with van der Waals surface area (Å²) >= 11 is 6.14. The van der Waals surface area contributed by atoms with Gasteiger partial charge in [0.25, 0.3) is 11.5 Å². The third-order valence-electron chi connectivity index (χ3n) is 6.41. The number of carbonyl (C=O) groups excluding carboxylic acids is 1. The fourth-order valence-corrected chi connectivity index (χ4v) is 4.84. The Morgan fingerprint density at radius 1 is 1.06 bits per heavy atom. The van der Waals surface area contributed by atoms with Gasteiger partial charge >= 0.3 is 0 Å². The predicted molar refractivity (Wildman–Crippen MR) is 131 cm³/mol. The number of amides is 1. The van der Waals surface area contributed by atoms with E-state index >= 15 is 0 Å². The molecule has 0 saturated carbocycles. The molecule has 0 saturated heterocycles. The second-order valence-corrected chi connectivity index (χ2v) is 9.01. The normalized spacial score (nSPS) is 13.4. The molecule has 0 bridgehead atoms. The molecule has 6 rings (SSSR count). The summed E-state index contributed by atoms with van der Waals surface area (Å²) in [5, 5.41) is 8.60. The number of hydrogen-bond acceptors (Lipinski definition) is 4. The van der Waals surface area contributed by atoms with Crippen LogP contribution in [0, 0.1) is 5.82 Å². The van der Waals surface area contributed by atoms with Crippen LogP contribution in [0.3, 0.4) is 0 Å². The molecule has 0 fully saturated rings. The third-order valence-corrected chi connectivity index (χ3v) is 6.65. The SMILES string of the molecule is O=C(c1cc(Cc2n[nH]c(=O)c3ccccc23)ccc1F)N1CCn2c(nc3ccc(Cl)cc32)C1. The first-order chi connectivity index (χ1) is 17.0. The Hall–Kier alpha value is -4.04. The van der Waals surface area contributed by atoms with E-state index in [9.17, 15) is 14.0 Å². The molecule has 9 heteroatoms. The van der Waals surface area contributed by atoms with Crippen LogP contribution in [0.25, 0.3) is 21.8 Å². The van der Waals surface area contributed by atoms with Crippen LogP contribution in [0.5, 0.6) is 0 Å². The highest BCUT2D eigenvalue weighted by atomic mass is 35.5. The zero-order chi connectivity index (χ0) is 24.1. The van der Waals surface area contributed by atoms with Crippen LogP contribution < -0.4 is 5.56 Å². The summed E-state index contributed by atoms with van der Waals surface area (Å²) in [5.41, 5.74) is 2.84. The molecule has 174 valence electrons. The monoisotopic (exact) mass is 487 g/mol. The van der Waals surface area contributed by atoms with E-state index in [2.05, 4.69) is 15.2 Å². The van der Waals surface area contributed by atoms with Crippen molar-refractivity contribution in [2.24, 2.45) is 0 Å². The Bertz CT molecular complexity index is 1690. The van der Waals surface area contributed by atoms with Gasteiger partial charge in [0, 0.05) is 29.9 Å². The van der Waals surface area contributed by atoms with E-state index in [0.29, 0.717) is 35.6 Å². The molecule has 2 aromatic heterocycles. The maximum atomic E-state index is 14.8. The number of carbonyl (C=O) groups is 1. The Kier molecular flexibility index (Phi) is 5.11. The van der Waals surface area contributed by atoms with Gasteiger partial charge in [0.2, 0.25) is 0 Å². The van der Waals surface area contributed by atoms with Gasteiger partial charge in [-0.05, 0) is 42.0 Å². The van der Waals surface area contributed by atoms with E-state index in [1.807, 2.05) is 28.8 Å². The van der Waals surface area contributed by atoms with Crippen molar-refractivity contribution in [3.63, 3.8) is 0 Å². The first-order valence-corrected chi connectivity index (χ1v) is 11.5. The number of aromatic amines is 1. The van der Waals surface area contributed by atoms with E-state index in [-0.39, 0.29) is 23.6 Å². The fourth-order valence-electron chi connectivity index (χ4n) is 4.68. The highest BCUT2D eigenvalue weighted by Crippen LogP contribution is 2.26. The Morgan fingerprint density at radius 2 is 1.89 bits per heavy atom.